The Morgan fingerprint density at radius 1 is 1.30 bits per heavy atom. The first-order valence-electron chi connectivity index (χ1n) is 7.91. The van der Waals surface area contributed by atoms with Crippen molar-refractivity contribution in [2.75, 3.05) is 26.7 Å². The minimum atomic E-state index is -3.13. The lowest BCUT2D eigenvalue weighted by Crippen LogP contribution is -2.56. The number of carbonyl (C=O) groups is 1. The molecule has 1 amide bonds. The second-order valence-electron chi connectivity index (χ2n) is 6.11. The maximum Gasteiger partial charge on any atom is 0.225 e. The van der Waals surface area contributed by atoms with Crippen LogP contribution in [0.1, 0.15) is 18.4 Å². The van der Waals surface area contributed by atoms with Crippen LogP contribution in [-0.2, 0) is 21.2 Å². The zero-order valence-corrected chi connectivity index (χ0v) is 14.0. The maximum absolute atomic E-state index is 12.1. The molecule has 1 aliphatic heterocycles. The summed E-state index contributed by atoms with van der Waals surface area (Å²) in [5.74, 6) is 0.524. The van der Waals surface area contributed by atoms with Gasteiger partial charge in [-0.2, -0.15) is 4.31 Å². The van der Waals surface area contributed by atoms with Crippen LogP contribution in [0.2, 0.25) is 0 Å². The van der Waals surface area contributed by atoms with Crippen molar-refractivity contribution >= 4 is 15.9 Å². The van der Waals surface area contributed by atoms with Crippen LogP contribution in [0, 0.1) is 5.92 Å². The van der Waals surface area contributed by atoms with Crippen LogP contribution < -0.4 is 10.1 Å². The van der Waals surface area contributed by atoms with Crippen molar-refractivity contribution in [2.45, 2.75) is 24.5 Å². The number of carbonyl (C=O) groups excluding carboxylic acids is 1. The summed E-state index contributed by atoms with van der Waals surface area (Å²) in [6.07, 6.45) is 2.20. The first kappa shape index (κ1) is 16.3. The van der Waals surface area contributed by atoms with Crippen molar-refractivity contribution in [3.05, 3.63) is 29.8 Å². The van der Waals surface area contributed by atoms with Gasteiger partial charge in [0.2, 0.25) is 15.9 Å². The molecule has 6 nitrogen and oxygen atoms in total. The van der Waals surface area contributed by atoms with E-state index in [0.717, 1.165) is 24.2 Å². The number of ether oxygens (including phenoxy) is 1. The number of benzene rings is 1. The number of rotatable bonds is 7. The lowest BCUT2D eigenvalue weighted by molar-refractivity contribution is -0.128. The molecule has 1 heterocycles. The van der Waals surface area contributed by atoms with Crippen molar-refractivity contribution in [2.24, 2.45) is 5.92 Å². The van der Waals surface area contributed by atoms with Crippen LogP contribution in [-0.4, -0.2) is 50.6 Å². The van der Waals surface area contributed by atoms with Crippen molar-refractivity contribution in [3.8, 4) is 5.75 Å². The molecular weight excluding hydrogens is 316 g/mol. The number of para-hydroxylation sites is 1. The van der Waals surface area contributed by atoms with Crippen molar-refractivity contribution in [1.29, 1.82) is 0 Å². The summed E-state index contributed by atoms with van der Waals surface area (Å²) in [5.41, 5.74) is 1.04. The van der Waals surface area contributed by atoms with Gasteiger partial charge in [0, 0.05) is 19.6 Å². The highest BCUT2D eigenvalue weighted by molar-refractivity contribution is 7.90. The van der Waals surface area contributed by atoms with Crippen LogP contribution in [0.15, 0.2) is 24.3 Å². The van der Waals surface area contributed by atoms with Crippen LogP contribution in [0.5, 0.6) is 5.75 Å². The molecular formula is C16H22N2O4S. The molecule has 1 saturated heterocycles. The van der Waals surface area contributed by atoms with E-state index in [4.69, 9.17) is 4.74 Å². The largest absolute Gasteiger partial charge is 0.496 e. The summed E-state index contributed by atoms with van der Waals surface area (Å²) < 4.78 is 30.7. The first-order chi connectivity index (χ1) is 11.0. The van der Waals surface area contributed by atoms with E-state index in [1.807, 2.05) is 24.3 Å². The van der Waals surface area contributed by atoms with E-state index in [2.05, 4.69) is 5.32 Å². The Morgan fingerprint density at radius 2 is 2.00 bits per heavy atom. The fourth-order valence-corrected chi connectivity index (χ4v) is 4.69. The molecule has 0 unspecified atom stereocenters. The van der Waals surface area contributed by atoms with Gasteiger partial charge in [-0.25, -0.2) is 8.42 Å². The Hall–Kier alpha value is -1.60. The summed E-state index contributed by atoms with van der Waals surface area (Å²) >= 11 is 0. The average Bonchev–Trinajstić information content (AvgIpc) is 3.31. The van der Waals surface area contributed by atoms with E-state index >= 15 is 0 Å². The molecule has 0 aromatic heterocycles. The normalized spacial score (nSPS) is 19.2. The molecule has 0 bridgehead atoms. The molecule has 3 rings (SSSR count). The van der Waals surface area contributed by atoms with Crippen LogP contribution in [0.3, 0.4) is 0 Å². The molecule has 23 heavy (non-hydrogen) atoms. The molecule has 1 aromatic rings. The monoisotopic (exact) mass is 338 g/mol. The fraction of sp³-hybridized carbons (Fsp3) is 0.562. The highest BCUT2D eigenvalue weighted by atomic mass is 32.2. The van der Waals surface area contributed by atoms with Crippen LogP contribution in [0.4, 0.5) is 0 Å². The standard InChI is InChI=1S/C16H22N2O4S/c1-22-15-5-3-2-4-12(15)8-9-17-16(19)13-10-18(11-13)23(20,21)14-6-7-14/h2-5,13-14H,6-11H2,1H3,(H,17,19). The Morgan fingerprint density at radius 3 is 2.65 bits per heavy atom. The van der Waals surface area contributed by atoms with Gasteiger partial charge < -0.3 is 10.1 Å². The minimum Gasteiger partial charge on any atom is -0.496 e. The van der Waals surface area contributed by atoms with Gasteiger partial charge in [-0.15, -0.1) is 0 Å². The maximum atomic E-state index is 12.1. The molecule has 1 aliphatic carbocycles. The summed E-state index contributed by atoms with van der Waals surface area (Å²) in [6.45, 7) is 1.16. The third-order valence-electron chi connectivity index (χ3n) is 4.41. The van der Waals surface area contributed by atoms with Gasteiger partial charge in [-0.3, -0.25) is 4.79 Å². The molecule has 2 aliphatic rings. The lowest BCUT2D eigenvalue weighted by atomic mass is 10.0. The zero-order valence-electron chi connectivity index (χ0n) is 13.2. The third kappa shape index (κ3) is 3.50. The summed E-state index contributed by atoms with van der Waals surface area (Å²) in [4.78, 5) is 12.1. The number of nitrogens with zero attached hydrogens (tertiary/aromatic N) is 1. The van der Waals surface area contributed by atoms with Crippen LogP contribution in [0.25, 0.3) is 0 Å². The molecule has 1 saturated carbocycles. The van der Waals surface area contributed by atoms with Gasteiger partial charge in [0.05, 0.1) is 18.3 Å². The number of amides is 1. The zero-order chi connectivity index (χ0) is 16.4. The summed E-state index contributed by atoms with van der Waals surface area (Å²) in [5, 5.41) is 2.69. The molecule has 1 N–H and O–H groups in total. The number of hydrogen-bond acceptors (Lipinski definition) is 4. The predicted molar refractivity (Wildman–Crippen MR) is 86.7 cm³/mol. The second kappa shape index (κ2) is 6.49. The molecule has 1 aromatic carbocycles. The van der Waals surface area contributed by atoms with E-state index in [1.165, 1.54) is 4.31 Å². The molecule has 0 spiro atoms. The molecule has 126 valence electrons. The molecule has 0 radical (unpaired) electrons. The van der Waals surface area contributed by atoms with Gasteiger partial charge in [-0.1, -0.05) is 18.2 Å². The number of methoxy groups -OCH3 is 1. The topological polar surface area (TPSA) is 75.7 Å². The van der Waals surface area contributed by atoms with Crippen molar-refractivity contribution in [3.63, 3.8) is 0 Å². The molecule has 2 fully saturated rings. The quantitative estimate of drug-likeness (QED) is 0.797. The Kier molecular flexibility index (Phi) is 4.59. The highest BCUT2D eigenvalue weighted by Crippen LogP contribution is 2.34. The van der Waals surface area contributed by atoms with Gasteiger partial charge >= 0.3 is 0 Å². The van der Waals surface area contributed by atoms with E-state index in [1.54, 1.807) is 7.11 Å². The summed E-state index contributed by atoms with van der Waals surface area (Å²) in [7, 11) is -1.51. The fourth-order valence-electron chi connectivity index (χ4n) is 2.76. The van der Waals surface area contributed by atoms with Crippen molar-refractivity contribution in [1.82, 2.24) is 9.62 Å². The Labute approximate surface area is 136 Å². The second-order valence-corrected chi connectivity index (χ2v) is 8.32. The SMILES string of the molecule is COc1ccccc1CCNC(=O)C1CN(S(=O)(=O)C2CC2)C1. The molecule has 7 heteroatoms. The first-order valence-corrected chi connectivity index (χ1v) is 9.41. The van der Waals surface area contributed by atoms with Gasteiger partial charge in [0.15, 0.2) is 0 Å². The van der Waals surface area contributed by atoms with E-state index in [9.17, 15) is 13.2 Å². The van der Waals surface area contributed by atoms with Gasteiger partial charge in [0.1, 0.15) is 5.75 Å². The molecule has 0 atom stereocenters. The third-order valence-corrected chi connectivity index (χ3v) is 6.74. The van der Waals surface area contributed by atoms with Crippen molar-refractivity contribution < 1.29 is 17.9 Å². The Bertz CT molecular complexity index is 679. The highest BCUT2D eigenvalue weighted by Gasteiger charge is 2.46. The van der Waals surface area contributed by atoms with Crippen LogP contribution >= 0.6 is 0 Å². The number of sulfonamides is 1. The smallest absolute Gasteiger partial charge is 0.225 e. The Balaban J connectivity index is 1.43. The lowest BCUT2D eigenvalue weighted by Gasteiger charge is -2.37. The van der Waals surface area contributed by atoms with E-state index in [0.29, 0.717) is 26.1 Å². The van der Waals surface area contributed by atoms with Gasteiger partial charge in [0.25, 0.3) is 0 Å². The predicted octanol–water partition coefficient (Wildman–Crippen LogP) is 0.778. The number of hydrogen-bond donors (Lipinski definition) is 1. The van der Waals surface area contributed by atoms with E-state index in [-0.39, 0.29) is 17.1 Å². The van der Waals surface area contributed by atoms with Gasteiger partial charge in [-0.05, 0) is 30.9 Å². The average molecular weight is 338 g/mol. The summed E-state index contributed by atoms with van der Waals surface area (Å²) in [6, 6.07) is 7.71. The minimum absolute atomic E-state index is 0.0675. The number of nitrogens with one attached hydrogen (secondary N) is 1. The van der Waals surface area contributed by atoms with E-state index < -0.39 is 10.0 Å².